The number of hydrogen-bond donors (Lipinski definition) is 3. The molecule has 4 heterocycles. The molecule has 0 amide bonds. The second-order valence-electron chi connectivity index (χ2n) is 17.2. The van der Waals surface area contributed by atoms with Crippen LogP contribution in [0.3, 0.4) is 0 Å². The lowest BCUT2D eigenvalue weighted by Gasteiger charge is -2.45. The number of hydrogen-bond acceptors (Lipinski definition) is 8. The van der Waals surface area contributed by atoms with Crippen molar-refractivity contribution in [1.82, 2.24) is 20.2 Å². The predicted molar refractivity (Wildman–Crippen MR) is 237 cm³/mol. The fourth-order valence-electron chi connectivity index (χ4n) is 9.19. The zero-order chi connectivity index (χ0) is 39.4. The molecule has 0 spiro atoms. The molecule has 0 radical (unpaired) electrons. The van der Waals surface area contributed by atoms with Gasteiger partial charge in [0, 0.05) is 87.1 Å². The van der Waals surface area contributed by atoms with Crippen LogP contribution in [0.5, 0.6) is 0 Å². The molecule has 8 heteroatoms. The smallest absolute Gasteiger partial charge is 0.0560 e. The fraction of sp³-hybridized carbons (Fsp3) is 0.596. The number of allylic oxidation sites excluding steroid dienone is 2. The Kier molecular flexibility index (Phi) is 16.2. The topological polar surface area (TPSA) is 89.9 Å². The number of aromatic nitrogens is 1. The van der Waals surface area contributed by atoms with Gasteiger partial charge in [0.2, 0.25) is 0 Å². The van der Waals surface area contributed by atoms with Crippen LogP contribution in [0.1, 0.15) is 116 Å². The third-order valence-electron chi connectivity index (χ3n) is 12.3. The van der Waals surface area contributed by atoms with Gasteiger partial charge in [0.25, 0.3) is 0 Å². The van der Waals surface area contributed by atoms with Gasteiger partial charge >= 0.3 is 0 Å². The fourth-order valence-corrected chi connectivity index (χ4v) is 9.19. The van der Waals surface area contributed by atoms with Crippen LogP contribution in [-0.4, -0.2) is 85.8 Å². The van der Waals surface area contributed by atoms with E-state index < -0.39 is 0 Å². The zero-order valence-corrected chi connectivity index (χ0v) is 35.2. The molecule has 3 aliphatic heterocycles. The first kappa shape index (κ1) is 42.9. The average Bonchev–Trinajstić information content (AvgIpc) is 3.20. The highest BCUT2D eigenvalue weighted by Gasteiger charge is 2.30. The molecule has 2 saturated heterocycles. The number of anilines is 2. The summed E-state index contributed by atoms with van der Waals surface area (Å²) in [6, 6.07) is 12.5. The number of unbranched alkanes of at least 4 members (excludes halogenated alkanes) is 1. The predicted octanol–water partition coefficient (Wildman–Crippen LogP) is 8.56. The van der Waals surface area contributed by atoms with Crippen LogP contribution < -0.4 is 26.8 Å². The average molecular weight is 751 g/mol. The summed E-state index contributed by atoms with van der Waals surface area (Å²) in [5.74, 6) is 5.44. The van der Waals surface area contributed by atoms with Gasteiger partial charge in [0.15, 0.2) is 0 Å². The largest absolute Gasteiger partial charge is 0.367 e. The summed E-state index contributed by atoms with van der Waals surface area (Å²) in [7, 11) is 0. The van der Waals surface area contributed by atoms with E-state index >= 15 is 0 Å². The summed E-state index contributed by atoms with van der Waals surface area (Å²) < 4.78 is 0. The molecule has 2 unspecified atom stereocenters. The van der Waals surface area contributed by atoms with Crippen molar-refractivity contribution in [2.45, 2.75) is 117 Å². The highest BCUT2D eigenvalue weighted by Crippen LogP contribution is 2.39. The van der Waals surface area contributed by atoms with E-state index in [9.17, 15) is 0 Å². The number of nitrogens with one attached hydrogen (secondary N) is 1. The molecule has 5 N–H and O–H groups in total. The number of hydrazine groups is 1. The molecule has 0 aliphatic carbocycles. The van der Waals surface area contributed by atoms with E-state index in [-0.39, 0.29) is 11.5 Å². The second kappa shape index (κ2) is 20.8. The molecule has 2 atom stereocenters. The Balaban J connectivity index is 1.41. The summed E-state index contributed by atoms with van der Waals surface area (Å²) >= 11 is 0. The number of fused-ring (bicyclic) bond motifs is 1. The molecular weight excluding hydrogens is 677 g/mol. The number of rotatable bonds is 20. The zero-order valence-electron chi connectivity index (χ0n) is 35.2. The standard InChI is InChI=1S/C47H74N8/c1-8-11-24-47(6,7)31-37(5)46(43-30-42(32-50-45(43)9-2)54-29-28-53-27-15-13-19-41(53)34-54)55(10-3)40-22-20-38(21-23-40)39-18-16-26-52(33-39)35-44(48)36(4)17-12-14-25-51-49/h8,18,20-23,30,32,41,44,51H,1,4,9-17,19,24-29,31,33-35,48-49H2,2-3,5-7H3/b46-37+. The Morgan fingerprint density at radius 3 is 2.64 bits per heavy atom. The molecule has 1 aromatic carbocycles. The van der Waals surface area contributed by atoms with Crippen molar-refractivity contribution in [1.29, 1.82) is 0 Å². The van der Waals surface area contributed by atoms with E-state index in [2.05, 4.69) is 121 Å². The lowest BCUT2D eigenvalue weighted by molar-refractivity contribution is 0.133. The van der Waals surface area contributed by atoms with Crippen LogP contribution in [0.15, 0.2) is 73.0 Å². The van der Waals surface area contributed by atoms with Gasteiger partial charge in [0.1, 0.15) is 0 Å². The normalized spacial score (nSPS) is 19.4. The Hall–Kier alpha value is -3.27. The Morgan fingerprint density at radius 1 is 1.11 bits per heavy atom. The quantitative estimate of drug-likeness (QED) is 0.0537. The molecule has 5 rings (SSSR count). The number of piperazine rings is 1. The first-order valence-electron chi connectivity index (χ1n) is 21.5. The third-order valence-corrected chi connectivity index (χ3v) is 12.3. The van der Waals surface area contributed by atoms with Crippen molar-refractivity contribution in [2.75, 3.05) is 68.7 Å². The van der Waals surface area contributed by atoms with Gasteiger partial charge in [-0.3, -0.25) is 26.1 Å². The molecular formula is C47H74N8. The maximum Gasteiger partial charge on any atom is 0.0560 e. The number of nitrogens with zero attached hydrogens (tertiary/aromatic N) is 5. The molecule has 0 saturated carbocycles. The molecule has 3 aliphatic rings. The number of piperidine rings is 1. The van der Waals surface area contributed by atoms with Crippen LogP contribution in [-0.2, 0) is 6.42 Å². The molecule has 8 nitrogen and oxygen atoms in total. The van der Waals surface area contributed by atoms with Gasteiger partial charge in [-0.1, -0.05) is 63.6 Å². The summed E-state index contributed by atoms with van der Waals surface area (Å²) in [4.78, 5) is 15.6. The number of pyridine rings is 1. The monoisotopic (exact) mass is 751 g/mol. The van der Waals surface area contributed by atoms with Crippen LogP contribution in [0, 0.1) is 5.41 Å². The molecule has 2 aromatic rings. The maximum absolute atomic E-state index is 6.65. The van der Waals surface area contributed by atoms with Crippen molar-refractivity contribution < 1.29 is 0 Å². The number of aryl methyl sites for hydroxylation is 1. The summed E-state index contributed by atoms with van der Waals surface area (Å²) in [5, 5.41) is 0. The van der Waals surface area contributed by atoms with Crippen molar-refractivity contribution in [3.8, 4) is 0 Å². The van der Waals surface area contributed by atoms with Gasteiger partial charge in [-0.15, -0.1) is 6.58 Å². The van der Waals surface area contributed by atoms with Crippen LogP contribution in [0.25, 0.3) is 11.3 Å². The maximum atomic E-state index is 6.65. The third kappa shape index (κ3) is 11.6. The first-order valence-corrected chi connectivity index (χ1v) is 21.5. The van der Waals surface area contributed by atoms with E-state index in [1.807, 2.05) is 0 Å². The molecule has 55 heavy (non-hydrogen) atoms. The van der Waals surface area contributed by atoms with Crippen molar-refractivity contribution in [3.05, 3.63) is 89.8 Å². The van der Waals surface area contributed by atoms with Crippen molar-refractivity contribution >= 4 is 22.6 Å². The molecule has 1 aromatic heterocycles. The minimum Gasteiger partial charge on any atom is -0.367 e. The van der Waals surface area contributed by atoms with Crippen molar-refractivity contribution in [3.63, 3.8) is 0 Å². The molecule has 2 fully saturated rings. The molecule has 0 bridgehead atoms. The minimum absolute atomic E-state index is 0.0151. The van der Waals surface area contributed by atoms with Gasteiger partial charge in [-0.25, -0.2) is 0 Å². The van der Waals surface area contributed by atoms with Crippen molar-refractivity contribution in [2.24, 2.45) is 17.0 Å². The lowest BCUT2D eigenvalue weighted by atomic mass is 9.80. The Morgan fingerprint density at radius 2 is 1.91 bits per heavy atom. The highest BCUT2D eigenvalue weighted by atomic mass is 15.3. The molecule has 302 valence electrons. The highest BCUT2D eigenvalue weighted by molar-refractivity contribution is 5.84. The van der Waals surface area contributed by atoms with E-state index in [0.717, 1.165) is 109 Å². The van der Waals surface area contributed by atoms with Gasteiger partial charge in [-0.2, -0.15) is 0 Å². The first-order chi connectivity index (χ1) is 26.6. The van der Waals surface area contributed by atoms with Gasteiger partial charge in [0.05, 0.1) is 11.9 Å². The van der Waals surface area contributed by atoms with E-state index in [4.69, 9.17) is 16.6 Å². The van der Waals surface area contributed by atoms with E-state index in [0.29, 0.717) is 6.04 Å². The minimum atomic E-state index is -0.0151. The van der Waals surface area contributed by atoms with Crippen LogP contribution in [0.4, 0.5) is 11.4 Å². The van der Waals surface area contributed by atoms with Crippen LogP contribution >= 0.6 is 0 Å². The Labute approximate surface area is 334 Å². The second-order valence-corrected chi connectivity index (χ2v) is 17.2. The summed E-state index contributed by atoms with van der Waals surface area (Å²) in [6.07, 6.45) is 18.8. The number of benzene rings is 1. The van der Waals surface area contributed by atoms with Gasteiger partial charge < -0.3 is 15.5 Å². The SMILES string of the molecule is C=CCCC(C)(C)C/C(C)=C(\c1cc(N2CCN3CCCCC3C2)cnc1CC)N(CC)c1ccc(C2=CCCN(CC(N)C(=C)CCCCNN)C2)cc1. The lowest BCUT2D eigenvalue weighted by Crippen LogP contribution is -2.54. The van der Waals surface area contributed by atoms with E-state index in [1.165, 1.54) is 70.8 Å². The Bertz CT molecular complexity index is 1610. The summed E-state index contributed by atoms with van der Waals surface area (Å²) in [6.45, 7) is 29.1. The van der Waals surface area contributed by atoms with Gasteiger partial charge in [-0.05, 0) is 125 Å². The number of nitrogens with two attached hydrogens (primary N) is 2. The van der Waals surface area contributed by atoms with E-state index in [1.54, 1.807) is 0 Å². The van der Waals surface area contributed by atoms with Crippen LogP contribution in [0.2, 0.25) is 0 Å². The summed E-state index contributed by atoms with van der Waals surface area (Å²) in [5.41, 5.74) is 21.0.